The molecule has 2 nitrogen and oxygen atoms in total. The second-order valence-electron chi connectivity index (χ2n) is 8.62. The van der Waals surface area contributed by atoms with Crippen molar-refractivity contribution in [1.82, 2.24) is 0 Å². The molecule has 0 aliphatic carbocycles. The Morgan fingerprint density at radius 3 is 2.21 bits per heavy atom. The molecule has 2 aromatic carbocycles. The van der Waals surface area contributed by atoms with Crippen molar-refractivity contribution < 1.29 is 9.22 Å². The zero-order valence-electron chi connectivity index (χ0n) is 15.7. The van der Waals surface area contributed by atoms with E-state index in [2.05, 4.69) is 75.2 Å². The van der Waals surface area contributed by atoms with Crippen LogP contribution in [0.15, 0.2) is 48.5 Å². The smallest absolute Gasteiger partial charge is 0.119 e. The van der Waals surface area contributed by atoms with E-state index in [-0.39, 0.29) is 0 Å². The van der Waals surface area contributed by atoms with Crippen LogP contribution in [0.2, 0.25) is 19.6 Å². The zero-order valence-corrected chi connectivity index (χ0v) is 16.7. The van der Waals surface area contributed by atoms with Gasteiger partial charge in [0.1, 0.15) is 26.4 Å². The molecule has 2 atom stereocenters. The van der Waals surface area contributed by atoms with Crippen molar-refractivity contribution in [3.63, 3.8) is 0 Å². The van der Waals surface area contributed by atoms with E-state index >= 15 is 0 Å². The Morgan fingerprint density at radius 2 is 1.62 bits per heavy atom. The summed E-state index contributed by atoms with van der Waals surface area (Å²) in [4.78, 5) is 0. The fourth-order valence-electron chi connectivity index (χ4n) is 4.39. The number of methoxy groups -OCH3 is 1. The van der Waals surface area contributed by atoms with Crippen LogP contribution in [0.1, 0.15) is 22.7 Å². The Kier molecular flexibility index (Phi) is 4.58. The minimum atomic E-state index is -1.18. The summed E-state index contributed by atoms with van der Waals surface area (Å²) in [6.07, 6.45) is 2.43. The summed E-state index contributed by atoms with van der Waals surface area (Å²) in [5, 5.41) is 0. The maximum atomic E-state index is 5.35. The lowest BCUT2D eigenvalue weighted by molar-refractivity contribution is -0.945. The standard InChI is InChI=1S/C21H30NOSi/c1-22(16-24(3,4)5)15-19-9-7-6-8-18(19)14-21(22)17-10-12-20(23-2)13-11-17/h6-13,21H,14-16H2,1-5H3/q+1/t21-,22+/m0/s1. The first-order valence-electron chi connectivity index (χ1n) is 8.86. The molecular formula is C21H30NOSi+. The summed E-state index contributed by atoms with van der Waals surface area (Å²) in [6, 6.07) is 18.3. The maximum Gasteiger partial charge on any atom is 0.119 e. The Morgan fingerprint density at radius 1 is 1.00 bits per heavy atom. The van der Waals surface area contributed by atoms with Crippen molar-refractivity contribution >= 4 is 8.07 Å². The summed E-state index contributed by atoms with van der Waals surface area (Å²) in [5.41, 5.74) is 4.48. The summed E-state index contributed by atoms with van der Waals surface area (Å²) >= 11 is 0. The number of ether oxygens (including phenoxy) is 1. The van der Waals surface area contributed by atoms with Gasteiger partial charge < -0.3 is 9.22 Å². The number of nitrogens with zero attached hydrogens (tertiary/aromatic N) is 1. The maximum absolute atomic E-state index is 5.35. The quantitative estimate of drug-likeness (QED) is 0.573. The van der Waals surface area contributed by atoms with Gasteiger partial charge >= 0.3 is 0 Å². The summed E-state index contributed by atoms with van der Waals surface area (Å²) in [7, 11) is 3.01. The summed E-state index contributed by atoms with van der Waals surface area (Å²) < 4.78 is 6.47. The van der Waals surface area contributed by atoms with Gasteiger partial charge in [-0.15, -0.1) is 0 Å². The number of fused-ring (bicyclic) bond motifs is 1. The molecule has 3 heteroatoms. The van der Waals surface area contributed by atoms with Crippen LogP contribution >= 0.6 is 0 Å². The highest BCUT2D eigenvalue weighted by atomic mass is 28.3. The van der Waals surface area contributed by atoms with E-state index in [1.807, 2.05) is 0 Å². The van der Waals surface area contributed by atoms with Gasteiger partial charge in [-0.05, 0) is 29.8 Å². The molecule has 0 fully saturated rings. The van der Waals surface area contributed by atoms with Crippen molar-refractivity contribution in [2.45, 2.75) is 38.6 Å². The lowest BCUT2D eigenvalue weighted by Crippen LogP contribution is -2.56. The van der Waals surface area contributed by atoms with Gasteiger partial charge in [0.15, 0.2) is 0 Å². The van der Waals surface area contributed by atoms with Gasteiger partial charge in [0.2, 0.25) is 0 Å². The first-order chi connectivity index (χ1) is 11.3. The van der Waals surface area contributed by atoms with Crippen LogP contribution in [0.5, 0.6) is 5.75 Å². The number of quaternary nitrogens is 1. The molecular weight excluding hydrogens is 310 g/mol. The van der Waals surface area contributed by atoms with E-state index in [9.17, 15) is 0 Å². The molecule has 0 spiro atoms. The van der Waals surface area contributed by atoms with Gasteiger partial charge in [-0.3, -0.25) is 0 Å². The fraction of sp³-hybridized carbons (Fsp3) is 0.429. The molecule has 1 heterocycles. The predicted octanol–water partition coefficient (Wildman–Crippen LogP) is 4.82. The minimum absolute atomic E-state index is 0.525. The van der Waals surface area contributed by atoms with Gasteiger partial charge in [0, 0.05) is 17.5 Å². The van der Waals surface area contributed by atoms with Gasteiger partial charge in [-0.2, -0.15) is 0 Å². The van der Waals surface area contributed by atoms with Gasteiger partial charge in [0.25, 0.3) is 0 Å². The van der Waals surface area contributed by atoms with Crippen LogP contribution in [0.3, 0.4) is 0 Å². The van der Waals surface area contributed by atoms with Crippen LogP contribution in [-0.4, -0.2) is 32.9 Å². The van der Waals surface area contributed by atoms with Gasteiger partial charge in [-0.1, -0.05) is 43.9 Å². The molecule has 128 valence electrons. The van der Waals surface area contributed by atoms with Crippen molar-refractivity contribution in [1.29, 1.82) is 0 Å². The lowest BCUT2D eigenvalue weighted by atomic mass is 9.88. The molecule has 0 amide bonds. The van der Waals surface area contributed by atoms with Crippen molar-refractivity contribution in [2.75, 3.05) is 20.3 Å². The highest BCUT2D eigenvalue weighted by molar-refractivity contribution is 6.76. The van der Waals surface area contributed by atoms with Crippen molar-refractivity contribution in [2.24, 2.45) is 0 Å². The van der Waals surface area contributed by atoms with Crippen LogP contribution in [-0.2, 0) is 13.0 Å². The third kappa shape index (κ3) is 3.57. The molecule has 0 aromatic heterocycles. The number of hydrogen-bond donors (Lipinski definition) is 0. The monoisotopic (exact) mass is 340 g/mol. The van der Waals surface area contributed by atoms with Gasteiger partial charge in [0.05, 0.1) is 20.3 Å². The fourth-order valence-corrected chi connectivity index (χ4v) is 6.89. The first kappa shape index (κ1) is 17.2. The highest BCUT2D eigenvalue weighted by Gasteiger charge is 2.41. The van der Waals surface area contributed by atoms with E-state index in [0.29, 0.717) is 6.04 Å². The number of likely N-dealkylation sites (N-methyl/N-ethyl adjacent to an activating group) is 1. The summed E-state index contributed by atoms with van der Waals surface area (Å²) in [6.45, 7) is 8.60. The molecule has 0 N–H and O–H groups in total. The molecule has 3 rings (SSSR count). The second-order valence-corrected chi connectivity index (χ2v) is 14.1. The Balaban J connectivity index is 2.01. The Hall–Kier alpha value is -1.58. The van der Waals surface area contributed by atoms with Crippen LogP contribution < -0.4 is 4.74 Å². The average Bonchev–Trinajstić information content (AvgIpc) is 2.52. The molecule has 24 heavy (non-hydrogen) atoms. The molecule has 0 radical (unpaired) electrons. The Labute approximate surface area is 147 Å². The lowest BCUT2D eigenvalue weighted by Gasteiger charge is -2.48. The molecule has 1 aliphatic heterocycles. The summed E-state index contributed by atoms with van der Waals surface area (Å²) in [5.74, 6) is 0.939. The number of benzene rings is 2. The molecule has 0 unspecified atom stereocenters. The largest absolute Gasteiger partial charge is 0.497 e. The number of rotatable bonds is 4. The molecule has 0 saturated heterocycles. The molecule has 2 aromatic rings. The van der Waals surface area contributed by atoms with Crippen LogP contribution in [0.25, 0.3) is 0 Å². The second kappa shape index (κ2) is 6.38. The highest BCUT2D eigenvalue weighted by Crippen LogP contribution is 2.39. The van der Waals surface area contributed by atoms with E-state index in [0.717, 1.165) is 23.2 Å². The topological polar surface area (TPSA) is 9.23 Å². The SMILES string of the molecule is COc1ccc([C@@H]2Cc3ccccc3C[N@+]2(C)C[Si](C)(C)C)cc1. The van der Waals surface area contributed by atoms with Crippen molar-refractivity contribution in [3.05, 3.63) is 65.2 Å². The molecule has 0 bridgehead atoms. The molecule has 0 saturated carbocycles. The normalized spacial score (nSPS) is 23.6. The van der Waals surface area contributed by atoms with Crippen LogP contribution in [0.4, 0.5) is 0 Å². The van der Waals surface area contributed by atoms with Crippen LogP contribution in [0, 0.1) is 0 Å². The van der Waals surface area contributed by atoms with Gasteiger partial charge in [-0.25, -0.2) is 0 Å². The van der Waals surface area contributed by atoms with E-state index in [1.165, 1.54) is 22.9 Å². The Bertz CT molecular complexity index is 705. The third-order valence-corrected chi connectivity index (χ3v) is 6.82. The predicted molar refractivity (Wildman–Crippen MR) is 104 cm³/mol. The van der Waals surface area contributed by atoms with E-state index in [4.69, 9.17) is 4.74 Å². The van der Waals surface area contributed by atoms with Crippen molar-refractivity contribution in [3.8, 4) is 5.75 Å². The van der Waals surface area contributed by atoms with E-state index < -0.39 is 8.07 Å². The molecule has 1 aliphatic rings. The number of hydrogen-bond acceptors (Lipinski definition) is 1. The third-order valence-electron chi connectivity index (χ3n) is 5.15. The van der Waals surface area contributed by atoms with E-state index in [1.54, 1.807) is 7.11 Å². The minimum Gasteiger partial charge on any atom is -0.497 e. The average molecular weight is 341 g/mol. The first-order valence-corrected chi connectivity index (χ1v) is 12.6. The zero-order chi connectivity index (χ0) is 17.4.